The molecule has 1 heterocycles. The van der Waals surface area contributed by atoms with Crippen LogP contribution in [-0.4, -0.2) is 48.0 Å². The zero-order chi connectivity index (χ0) is 17.7. The number of amides is 2. The Morgan fingerprint density at radius 2 is 1.92 bits per heavy atom. The quantitative estimate of drug-likeness (QED) is 0.855. The van der Waals surface area contributed by atoms with Crippen molar-refractivity contribution in [1.29, 1.82) is 0 Å². The minimum absolute atomic E-state index is 0.0206. The summed E-state index contributed by atoms with van der Waals surface area (Å²) in [7, 11) is 1.52. The topological polar surface area (TPSA) is 95.9 Å². The Morgan fingerprint density at radius 1 is 1.25 bits per heavy atom. The number of carbonyl (C=O) groups is 3. The van der Waals surface area contributed by atoms with Crippen LogP contribution >= 0.6 is 0 Å². The summed E-state index contributed by atoms with van der Waals surface area (Å²) < 4.78 is 5.03. The molecule has 2 amide bonds. The summed E-state index contributed by atoms with van der Waals surface area (Å²) in [5.74, 6) is -1.37. The lowest BCUT2D eigenvalue weighted by Gasteiger charge is -2.30. The Labute approximate surface area is 140 Å². The summed E-state index contributed by atoms with van der Waals surface area (Å²) in [6.45, 7) is 2.92. The molecule has 0 atom stereocenters. The van der Waals surface area contributed by atoms with E-state index in [9.17, 15) is 19.5 Å². The summed E-state index contributed by atoms with van der Waals surface area (Å²) >= 11 is 0. The summed E-state index contributed by atoms with van der Waals surface area (Å²) in [5.41, 5.74) is 1.23. The largest absolute Gasteiger partial charge is 0.478 e. The van der Waals surface area contributed by atoms with E-state index in [1.165, 1.54) is 26.2 Å². The predicted octanol–water partition coefficient (Wildman–Crippen LogP) is 1.73. The Kier molecular flexibility index (Phi) is 5.92. The molecular weight excluding hydrogens is 312 g/mol. The van der Waals surface area contributed by atoms with Crippen LogP contribution in [0, 0.1) is 5.92 Å². The normalized spacial score (nSPS) is 15.2. The molecule has 0 aliphatic carbocycles. The number of benzene rings is 1. The van der Waals surface area contributed by atoms with Gasteiger partial charge in [-0.25, -0.2) is 4.79 Å². The average Bonchev–Trinajstić information content (AvgIpc) is 2.55. The highest BCUT2D eigenvalue weighted by Gasteiger charge is 2.26. The van der Waals surface area contributed by atoms with E-state index < -0.39 is 5.97 Å². The van der Waals surface area contributed by atoms with Crippen LogP contribution in [0.5, 0.6) is 0 Å². The first-order chi connectivity index (χ1) is 11.4. The second-order valence-corrected chi connectivity index (χ2v) is 5.93. The smallest absolute Gasteiger partial charge is 0.335 e. The Balaban J connectivity index is 2.06. The first kappa shape index (κ1) is 17.9. The second-order valence-electron chi connectivity index (χ2n) is 5.93. The van der Waals surface area contributed by atoms with Gasteiger partial charge in [-0.1, -0.05) is 0 Å². The van der Waals surface area contributed by atoms with Gasteiger partial charge in [0, 0.05) is 38.7 Å². The standard InChI is InChI=1S/C17H22N2O5/c1-11(20)19-5-3-13(4-6-19)16(21)18-15-8-12(10-24-2)7-14(9-15)17(22)23/h7-9,13H,3-6,10H2,1-2H3,(H,18,21)(H,22,23). The van der Waals surface area contributed by atoms with Crippen molar-refractivity contribution in [3.05, 3.63) is 29.3 Å². The predicted molar refractivity (Wildman–Crippen MR) is 87.7 cm³/mol. The van der Waals surface area contributed by atoms with Crippen LogP contribution < -0.4 is 5.32 Å². The number of likely N-dealkylation sites (tertiary alicyclic amines) is 1. The number of ether oxygens (including phenoxy) is 1. The number of carboxylic acid groups (broad SMARTS) is 1. The Bertz CT molecular complexity index is 636. The fourth-order valence-corrected chi connectivity index (χ4v) is 2.84. The number of nitrogens with one attached hydrogen (secondary N) is 1. The van der Waals surface area contributed by atoms with Crippen LogP contribution in [-0.2, 0) is 20.9 Å². The lowest BCUT2D eigenvalue weighted by Crippen LogP contribution is -2.40. The van der Waals surface area contributed by atoms with Gasteiger partial charge in [-0.3, -0.25) is 9.59 Å². The number of piperidine rings is 1. The number of anilines is 1. The molecule has 0 aromatic heterocycles. The van der Waals surface area contributed by atoms with Gasteiger partial charge in [-0.05, 0) is 36.6 Å². The SMILES string of the molecule is COCc1cc(NC(=O)C2CCN(C(C)=O)CC2)cc(C(=O)O)c1. The molecule has 0 unspecified atom stereocenters. The molecule has 130 valence electrons. The van der Waals surface area contributed by atoms with Crippen molar-refractivity contribution in [2.75, 3.05) is 25.5 Å². The number of hydrogen-bond acceptors (Lipinski definition) is 4. The average molecular weight is 334 g/mol. The maximum atomic E-state index is 12.4. The zero-order valence-electron chi connectivity index (χ0n) is 13.9. The van der Waals surface area contributed by atoms with Crippen molar-refractivity contribution < 1.29 is 24.2 Å². The Morgan fingerprint density at radius 3 is 2.46 bits per heavy atom. The third-order valence-corrected chi connectivity index (χ3v) is 4.13. The molecule has 0 spiro atoms. The van der Waals surface area contributed by atoms with Gasteiger partial charge < -0.3 is 20.1 Å². The van der Waals surface area contributed by atoms with Crippen LogP contribution in [0.1, 0.15) is 35.7 Å². The highest BCUT2D eigenvalue weighted by atomic mass is 16.5. The number of methoxy groups -OCH3 is 1. The first-order valence-electron chi connectivity index (χ1n) is 7.83. The molecule has 1 aromatic carbocycles. The Hall–Kier alpha value is -2.41. The molecule has 7 nitrogen and oxygen atoms in total. The number of aromatic carboxylic acids is 1. The molecule has 2 rings (SSSR count). The van der Waals surface area contributed by atoms with Gasteiger partial charge in [0.25, 0.3) is 0 Å². The van der Waals surface area contributed by atoms with Gasteiger partial charge in [-0.15, -0.1) is 0 Å². The lowest BCUT2D eigenvalue weighted by molar-refractivity contribution is -0.132. The minimum atomic E-state index is -1.06. The van der Waals surface area contributed by atoms with E-state index in [-0.39, 0.29) is 29.9 Å². The van der Waals surface area contributed by atoms with E-state index in [0.29, 0.717) is 37.2 Å². The number of hydrogen-bond donors (Lipinski definition) is 2. The summed E-state index contributed by atoms with van der Waals surface area (Å²) in [6, 6.07) is 4.66. The number of carboxylic acids is 1. The fourth-order valence-electron chi connectivity index (χ4n) is 2.84. The van der Waals surface area contributed by atoms with Gasteiger partial charge in [-0.2, -0.15) is 0 Å². The third-order valence-electron chi connectivity index (χ3n) is 4.13. The first-order valence-corrected chi connectivity index (χ1v) is 7.83. The molecule has 1 aliphatic heterocycles. The highest BCUT2D eigenvalue weighted by molar-refractivity contribution is 5.95. The molecule has 2 N–H and O–H groups in total. The minimum Gasteiger partial charge on any atom is -0.478 e. The van der Waals surface area contributed by atoms with Gasteiger partial charge in [0.2, 0.25) is 11.8 Å². The van der Waals surface area contributed by atoms with E-state index in [1.807, 2.05) is 0 Å². The van der Waals surface area contributed by atoms with E-state index in [0.717, 1.165) is 0 Å². The van der Waals surface area contributed by atoms with Gasteiger partial charge in [0.15, 0.2) is 0 Å². The fraction of sp³-hybridized carbons (Fsp3) is 0.471. The van der Waals surface area contributed by atoms with Gasteiger partial charge >= 0.3 is 5.97 Å². The molecular formula is C17H22N2O5. The molecule has 1 aliphatic rings. The maximum Gasteiger partial charge on any atom is 0.335 e. The molecule has 0 radical (unpaired) electrons. The molecule has 24 heavy (non-hydrogen) atoms. The second kappa shape index (κ2) is 7.92. The third kappa shape index (κ3) is 4.55. The molecule has 1 fully saturated rings. The number of rotatable bonds is 5. The molecule has 1 aromatic rings. The van der Waals surface area contributed by atoms with Crippen LogP contribution in [0.2, 0.25) is 0 Å². The highest BCUT2D eigenvalue weighted by Crippen LogP contribution is 2.21. The zero-order valence-corrected chi connectivity index (χ0v) is 13.9. The van der Waals surface area contributed by atoms with Crippen LogP contribution in [0.15, 0.2) is 18.2 Å². The molecule has 1 saturated heterocycles. The lowest BCUT2D eigenvalue weighted by atomic mass is 9.95. The van der Waals surface area contributed by atoms with Gasteiger partial charge in [0.1, 0.15) is 0 Å². The maximum absolute atomic E-state index is 12.4. The van der Waals surface area contributed by atoms with Gasteiger partial charge in [0.05, 0.1) is 12.2 Å². The van der Waals surface area contributed by atoms with Crippen molar-refractivity contribution in [3.63, 3.8) is 0 Å². The van der Waals surface area contributed by atoms with E-state index >= 15 is 0 Å². The van der Waals surface area contributed by atoms with Crippen LogP contribution in [0.4, 0.5) is 5.69 Å². The summed E-state index contributed by atoms with van der Waals surface area (Å²) in [4.78, 5) is 36.7. The number of carbonyl (C=O) groups excluding carboxylic acids is 2. The molecule has 0 saturated carbocycles. The van der Waals surface area contributed by atoms with Crippen LogP contribution in [0.3, 0.4) is 0 Å². The molecule has 0 bridgehead atoms. The van der Waals surface area contributed by atoms with Crippen molar-refractivity contribution in [2.45, 2.75) is 26.4 Å². The summed E-state index contributed by atoms with van der Waals surface area (Å²) in [6.07, 6.45) is 1.21. The number of nitrogens with zero attached hydrogens (tertiary/aromatic N) is 1. The summed E-state index contributed by atoms with van der Waals surface area (Å²) in [5, 5.41) is 12.0. The monoisotopic (exact) mass is 334 g/mol. The van der Waals surface area contributed by atoms with Crippen LogP contribution in [0.25, 0.3) is 0 Å². The van der Waals surface area contributed by atoms with Crippen molar-refractivity contribution in [1.82, 2.24) is 4.90 Å². The van der Waals surface area contributed by atoms with E-state index in [1.54, 1.807) is 11.0 Å². The van der Waals surface area contributed by atoms with Crippen molar-refractivity contribution in [3.8, 4) is 0 Å². The van der Waals surface area contributed by atoms with Crippen molar-refractivity contribution >= 4 is 23.5 Å². The van der Waals surface area contributed by atoms with E-state index in [4.69, 9.17) is 4.74 Å². The molecule has 7 heteroatoms. The van der Waals surface area contributed by atoms with E-state index in [2.05, 4.69) is 5.32 Å². The van der Waals surface area contributed by atoms with Crippen molar-refractivity contribution in [2.24, 2.45) is 5.92 Å².